The number of halogens is 2. The van der Waals surface area contributed by atoms with Gasteiger partial charge < -0.3 is 29.4 Å². The van der Waals surface area contributed by atoms with Gasteiger partial charge in [-0.1, -0.05) is 35.4 Å². The summed E-state index contributed by atoms with van der Waals surface area (Å²) < 4.78 is 2.31. The summed E-state index contributed by atoms with van der Waals surface area (Å²) in [7, 11) is 2.15. The van der Waals surface area contributed by atoms with E-state index in [-0.39, 0.29) is 57.5 Å². The normalized spacial score (nSPS) is 10.8. The third-order valence-electron chi connectivity index (χ3n) is 3.78. The van der Waals surface area contributed by atoms with Crippen molar-refractivity contribution >= 4 is 10.9 Å². The zero-order valence-electron chi connectivity index (χ0n) is 11.0. The summed E-state index contributed by atoms with van der Waals surface area (Å²) >= 11 is 0. The number of benzene rings is 2. The zero-order chi connectivity index (χ0) is 11.4. The first-order valence-electron chi connectivity index (χ1n) is 5.92. The Balaban J connectivity index is 0.000000667. The second-order valence-corrected chi connectivity index (χ2v) is 4.64. The molecule has 0 aliphatic heterocycles. The SMILES string of the molecule is Cn1c2c(c3[c-]cccc31)-c1ccccc1C2.[Cl-].[Cl-].[Y+3]. The van der Waals surface area contributed by atoms with Gasteiger partial charge in [0.2, 0.25) is 0 Å². The van der Waals surface area contributed by atoms with Gasteiger partial charge in [0.1, 0.15) is 0 Å². The topological polar surface area (TPSA) is 4.93 Å². The molecule has 0 saturated carbocycles. The molecule has 0 amide bonds. The minimum absolute atomic E-state index is 0. The first-order valence-corrected chi connectivity index (χ1v) is 5.92. The Morgan fingerprint density at radius 1 is 1.05 bits per heavy atom. The molecule has 2 aromatic carbocycles. The van der Waals surface area contributed by atoms with E-state index in [1.54, 1.807) is 0 Å². The second-order valence-electron chi connectivity index (χ2n) is 4.64. The molecule has 1 aliphatic rings. The Kier molecular flexibility index (Phi) is 5.86. The van der Waals surface area contributed by atoms with E-state index in [4.69, 9.17) is 0 Å². The van der Waals surface area contributed by atoms with Gasteiger partial charge in [-0.2, -0.15) is 0 Å². The Morgan fingerprint density at radius 3 is 2.60 bits per heavy atom. The monoisotopic (exact) mass is 377 g/mol. The molecule has 98 valence electrons. The minimum Gasteiger partial charge on any atom is -1.00 e. The van der Waals surface area contributed by atoms with Crippen molar-refractivity contribution in [3.63, 3.8) is 0 Å². The third-order valence-corrected chi connectivity index (χ3v) is 3.78. The standard InChI is InChI=1S/C16H12N.2ClH.Y/c1-17-14-9-5-4-8-13(14)16-12-7-3-2-6-11(12)10-15(16)17;;;/h2-7,9H,10H2,1H3;2*1H;/q-1;;;+3/p-2. The number of nitrogens with zero attached hydrogens (tertiary/aromatic N) is 1. The molecule has 0 N–H and O–H groups in total. The molecule has 1 aromatic heterocycles. The molecule has 20 heavy (non-hydrogen) atoms. The molecule has 0 atom stereocenters. The molecule has 4 heteroatoms. The summed E-state index contributed by atoms with van der Waals surface area (Å²) in [4.78, 5) is 0. The van der Waals surface area contributed by atoms with Crippen LogP contribution in [0.5, 0.6) is 0 Å². The van der Waals surface area contributed by atoms with Gasteiger partial charge in [-0.05, 0) is 16.8 Å². The number of fused-ring (bicyclic) bond motifs is 5. The summed E-state index contributed by atoms with van der Waals surface area (Å²) in [6.45, 7) is 0. The van der Waals surface area contributed by atoms with E-state index in [2.05, 4.69) is 54.1 Å². The van der Waals surface area contributed by atoms with Gasteiger partial charge in [-0.3, -0.25) is 0 Å². The van der Waals surface area contributed by atoms with Gasteiger partial charge in [-0.25, -0.2) is 0 Å². The van der Waals surface area contributed by atoms with E-state index in [0.717, 1.165) is 6.42 Å². The Hall–Kier alpha value is -0.336. The molecular formula is C16H12Cl2NY. The Bertz CT molecular complexity index is 749. The van der Waals surface area contributed by atoms with Crippen molar-refractivity contribution in [2.45, 2.75) is 6.42 Å². The van der Waals surface area contributed by atoms with Crippen LogP contribution in [0.2, 0.25) is 0 Å². The summed E-state index contributed by atoms with van der Waals surface area (Å²) in [5.41, 5.74) is 6.91. The molecule has 0 spiro atoms. The average molecular weight is 378 g/mol. The molecule has 1 aliphatic carbocycles. The smallest absolute Gasteiger partial charge is 1.00 e. The van der Waals surface area contributed by atoms with E-state index in [1.165, 1.54) is 33.3 Å². The molecule has 0 fully saturated rings. The largest absolute Gasteiger partial charge is 3.00 e. The fraction of sp³-hybridized carbons (Fsp3) is 0.125. The van der Waals surface area contributed by atoms with Crippen molar-refractivity contribution < 1.29 is 57.5 Å². The van der Waals surface area contributed by atoms with Crippen LogP contribution in [0.25, 0.3) is 22.0 Å². The predicted molar refractivity (Wildman–Crippen MR) is 70.0 cm³/mol. The van der Waals surface area contributed by atoms with Crippen LogP contribution in [0.4, 0.5) is 0 Å². The van der Waals surface area contributed by atoms with Crippen molar-refractivity contribution in [1.82, 2.24) is 4.57 Å². The molecule has 0 unspecified atom stereocenters. The number of hydrogen-bond acceptors (Lipinski definition) is 0. The van der Waals surface area contributed by atoms with Crippen LogP contribution in [0.3, 0.4) is 0 Å². The number of aromatic nitrogens is 1. The molecule has 0 bridgehead atoms. The maximum Gasteiger partial charge on any atom is 3.00 e. The summed E-state index contributed by atoms with van der Waals surface area (Å²) in [5.74, 6) is 0. The second kappa shape index (κ2) is 6.62. The fourth-order valence-corrected chi connectivity index (χ4v) is 2.96. The maximum absolute atomic E-state index is 3.39. The van der Waals surface area contributed by atoms with E-state index >= 15 is 0 Å². The van der Waals surface area contributed by atoms with Gasteiger partial charge in [0, 0.05) is 13.5 Å². The first-order chi connectivity index (χ1) is 8.36. The van der Waals surface area contributed by atoms with Gasteiger partial charge in [0.15, 0.2) is 0 Å². The van der Waals surface area contributed by atoms with Gasteiger partial charge >= 0.3 is 32.7 Å². The van der Waals surface area contributed by atoms with Crippen molar-refractivity contribution in [1.29, 1.82) is 0 Å². The minimum atomic E-state index is 0. The molecule has 1 heterocycles. The average Bonchev–Trinajstić information content (AvgIpc) is 2.88. The molecule has 1 nitrogen and oxygen atoms in total. The van der Waals surface area contributed by atoms with Gasteiger partial charge in [0.25, 0.3) is 0 Å². The van der Waals surface area contributed by atoms with E-state index in [1.807, 2.05) is 6.07 Å². The summed E-state index contributed by atoms with van der Waals surface area (Å²) in [6.07, 6.45) is 1.05. The van der Waals surface area contributed by atoms with Crippen LogP contribution in [0, 0.1) is 6.07 Å². The van der Waals surface area contributed by atoms with E-state index < -0.39 is 0 Å². The van der Waals surface area contributed by atoms with Crippen LogP contribution in [0.1, 0.15) is 11.3 Å². The van der Waals surface area contributed by atoms with Crippen LogP contribution < -0.4 is 24.8 Å². The Morgan fingerprint density at radius 2 is 1.80 bits per heavy atom. The Labute approximate surface area is 156 Å². The maximum atomic E-state index is 3.39. The molecule has 3 aromatic rings. The molecular weight excluding hydrogens is 366 g/mol. The third kappa shape index (κ3) is 2.35. The van der Waals surface area contributed by atoms with Crippen molar-refractivity contribution in [3.8, 4) is 11.1 Å². The van der Waals surface area contributed by atoms with Crippen molar-refractivity contribution in [3.05, 3.63) is 59.8 Å². The first kappa shape index (κ1) is 17.7. The van der Waals surface area contributed by atoms with Crippen LogP contribution in [-0.2, 0) is 46.2 Å². The number of aryl methyl sites for hydroxylation is 1. The summed E-state index contributed by atoms with van der Waals surface area (Å²) in [5, 5.41) is 1.26. The van der Waals surface area contributed by atoms with Crippen LogP contribution in [0.15, 0.2) is 42.5 Å². The van der Waals surface area contributed by atoms with Crippen molar-refractivity contribution in [2.24, 2.45) is 7.05 Å². The van der Waals surface area contributed by atoms with Crippen LogP contribution >= 0.6 is 0 Å². The summed E-state index contributed by atoms with van der Waals surface area (Å²) in [6, 6.07) is 18.3. The predicted octanol–water partition coefficient (Wildman–Crippen LogP) is -2.44. The van der Waals surface area contributed by atoms with Crippen molar-refractivity contribution in [2.75, 3.05) is 0 Å². The fourth-order valence-electron chi connectivity index (χ4n) is 2.96. The number of hydrogen-bond donors (Lipinski definition) is 0. The van der Waals surface area contributed by atoms with Gasteiger partial charge in [-0.15, -0.1) is 29.7 Å². The molecule has 0 radical (unpaired) electrons. The zero-order valence-corrected chi connectivity index (χ0v) is 15.4. The quantitative estimate of drug-likeness (QED) is 0.300. The molecule has 0 saturated heterocycles. The van der Waals surface area contributed by atoms with E-state index in [9.17, 15) is 0 Å². The number of rotatable bonds is 0. The van der Waals surface area contributed by atoms with Crippen LogP contribution in [-0.4, -0.2) is 4.57 Å². The van der Waals surface area contributed by atoms with E-state index in [0.29, 0.717) is 0 Å². The molecule has 4 rings (SSSR count). The van der Waals surface area contributed by atoms with Gasteiger partial charge in [0.05, 0.1) is 0 Å².